The largest absolute Gasteiger partial charge is 0.480 e. The first-order valence-electron chi connectivity index (χ1n) is 6.17. The first-order valence-corrected chi connectivity index (χ1v) is 6.17. The van der Waals surface area contributed by atoms with Crippen LogP contribution in [0.5, 0.6) is 0 Å². The Morgan fingerprint density at radius 1 is 1.41 bits per heavy atom. The maximum Gasteiger partial charge on any atom is 0.317 e. The van der Waals surface area contributed by atoms with E-state index in [2.05, 4.69) is 24.0 Å². The molecular formula is C14H19NO2. The van der Waals surface area contributed by atoms with Crippen LogP contribution in [-0.4, -0.2) is 29.1 Å². The number of benzene rings is 1. The monoisotopic (exact) mass is 233 g/mol. The van der Waals surface area contributed by atoms with Crippen LogP contribution in [-0.2, 0) is 4.79 Å². The molecule has 0 aliphatic carbocycles. The SMILES string of the molecule is C[C@H]1CCN(CC(=O)O)[C@@H](c2ccccc2)C1. The second-order valence-electron chi connectivity index (χ2n) is 4.92. The summed E-state index contributed by atoms with van der Waals surface area (Å²) in [6.45, 7) is 3.27. The molecule has 1 fully saturated rings. The van der Waals surface area contributed by atoms with Crippen molar-refractivity contribution < 1.29 is 9.90 Å². The molecule has 1 heterocycles. The number of likely N-dealkylation sites (tertiary alicyclic amines) is 1. The highest BCUT2D eigenvalue weighted by atomic mass is 16.4. The zero-order valence-corrected chi connectivity index (χ0v) is 10.2. The normalized spacial score (nSPS) is 25.7. The maximum atomic E-state index is 10.9. The van der Waals surface area contributed by atoms with Crippen molar-refractivity contribution in [2.24, 2.45) is 5.92 Å². The number of piperidine rings is 1. The molecule has 0 unspecified atom stereocenters. The van der Waals surface area contributed by atoms with Crippen molar-refractivity contribution in [3.63, 3.8) is 0 Å². The van der Waals surface area contributed by atoms with E-state index in [1.165, 1.54) is 5.56 Å². The number of rotatable bonds is 3. The highest BCUT2D eigenvalue weighted by Crippen LogP contribution is 2.33. The van der Waals surface area contributed by atoms with Crippen molar-refractivity contribution in [1.82, 2.24) is 4.90 Å². The first-order chi connectivity index (χ1) is 8.16. The number of carboxylic acids is 1. The summed E-state index contributed by atoms with van der Waals surface area (Å²) in [5.41, 5.74) is 1.24. The molecule has 1 aliphatic heterocycles. The van der Waals surface area contributed by atoms with Crippen molar-refractivity contribution in [3.05, 3.63) is 35.9 Å². The molecule has 3 nitrogen and oxygen atoms in total. The van der Waals surface area contributed by atoms with Crippen LogP contribution >= 0.6 is 0 Å². The zero-order valence-electron chi connectivity index (χ0n) is 10.2. The van der Waals surface area contributed by atoms with Gasteiger partial charge >= 0.3 is 5.97 Å². The average molecular weight is 233 g/mol. The van der Waals surface area contributed by atoms with Gasteiger partial charge in [-0.05, 0) is 30.9 Å². The Morgan fingerprint density at radius 2 is 2.12 bits per heavy atom. The van der Waals surface area contributed by atoms with Gasteiger partial charge in [0.15, 0.2) is 0 Å². The van der Waals surface area contributed by atoms with Crippen molar-refractivity contribution in [3.8, 4) is 0 Å². The van der Waals surface area contributed by atoms with Gasteiger partial charge in [0.1, 0.15) is 0 Å². The molecule has 17 heavy (non-hydrogen) atoms. The molecule has 0 spiro atoms. The molecule has 0 radical (unpaired) electrons. The number of carbonyl (C=O) groups is 1. The van der Waals surface area contributed by atoms with E-state index in [4.69, 9.17) is 5.11 Å². The van der Waals surface area contributed by atoms with E-state index in [0.29, 0.717) is 5.92 Å². The van der Waals surface area contributed by atoms with E-state index >= 15 is 0 Å². The summed E-state index contributed by atoms with van der Waals surface area (Å²) in [4.78, 5) is 13.0. The van der Waals surface area contributed by atoms with Crippen LogP contribution in [0.1, 0.15) is 31.4 Å². The Hall–Kier alpha value is -1.35. The third-order valence-electron chi connectivity index (χ3n) is 3.50. The van der Waals surface area contributed by atoms with E-state index in [1.807, 2.05) is 18.2 Å². The third kappa shape index (κ3) is 3.07. The Bertz CT molecular complexity index is 377. The lowest BCUT2D eigenvalue weighted by atomic mass is 9.88. The zero-order chi connectivity index (χ0) is 12.3. The minimum Gasteiger partial charge on any atom is -0.480 e. The van der Waals surface area contributed by atoms with E-state index in [-0.39, 0.29) is 12.6 Å². The third-order valence-corrected chi connectivity index (χ3v) is 3.50. The summed E-state index contributed by atoms with van der Waals surface area (Å²) < 4.78 is 0. The molecule has 2 atom stereocenters. The standard InChI is InChI=1S/C14H19NO2/c1-11-7-8-15(10-14(16)17)13(9-11)12-5-3-2-4-6-12/h2-6,11,13H,7-10H2,1H3,(H,16,17)/t11-,13+/m0/s1. The molecule has 92 valence electrons. The van der Waals surface area contributed by atoms with Crippen LogP contribution in [0.15, 0.2) is 30.3 Å². The second-order valence-corrected chi connectivity index (χ2v) is 4.92. The minimum atomic E-state index is -0.736. The first kappa shape index (κ1) is 12.1. The van der Waals surface area contributed by atoms with Gasteiger partial charge in [0.25, 0.3) is 0 Å². The Labute approximate surface area is 102 Å². The Morgan fingerprint density at radius 3 is 2.76 bits per heavy atom. The predicted molar refractivity (Wildman–Crippen MR) is 66.8 cm³/mol. The second kappa shape index (κ2) is 5.32. The summed E-state index contributed by atoms with van der Waals surface area (Å²) in [6.07, 6.45) is 2.15. The van der Waals surface area contributed by atoms with Crippen molar-refractivity contribution in [2.45, 2.75) is 25.8 Å². The lowest BCUT2D eigenvalue weighted by molar-refractivity contribution is -0.139. The molecule has 0 saturated carbocycles. The van der Waals surface area contributed by atoms with Crippen molar-refractivity contribution >= 4 is 5.97 Å². The number of hydrogen-bond acceptors (Lipinski definition) is 2. The lowest BCUT2D eigenvalue weighted by Crippen LogP contribution is -2.39. The molecular weight excluding hydrogens is 214 g/mol. The fourth-order valence-corrected chi connectivity index (χ4v) is 2.58. The Balaban J connectivity index is 2.17. The van der Waals surface area contributed by atoms with Crippen LogP contribution < -0.4 is 0 Å². The van der Waals surface area contributed by atoms with E-state index in [9.17, 15) is 4.79 Å². The summed E-state index contributed by atoms with van der Waals surface area (Å²) >= 11 is 0. The van der Waals surface area contributed by atoms with Gasteiger partial charge < -0.3 is 5.11 Å². The summed E-state index contributed by atoms with van der Waals surface area (Å²) in [5.74, 6) is -0.0641. The van der Waals surface area contributed by atoms with Gasteiger partial charge in [-0.15, -0.1) is 0 Å². The van der Waals surface area contributed by atoms with Gasteiger partial charge in [0, 0.05) is 6.04 Å². The average Bonchev–Trinajstić information content (AvgIpc) is 2.32. The van der Waals surface area contributed by atoms with Crippen LogP contribution in [0.4, 0.5) is 0 Å². The number of carboxylic acid groups (broad SMARTS) is 1. The van der Waals surface area contributed by atoms with Crippen LogP contribution in [0.25, 0.3) is 0 Å². The predicted octanol–water partition coefficient (Wildman–Crippen LogP) is 2.54. The molecule has 2 rings (SSSR count). The van der Waals surface area contributed by atoms with Gasteiger partial charge in [-0.2, -0.15) is 0 Å². The molecule has 1 saturated heterocycles. The molecule has 0 aromatic heterocycles. The summed E-state index contributed by atoms with van der Waals surface area (Å²) in [7, 11) is 0. The van der Waals surface area contributed by atoms with Crippen molar-refractivity contribution in [2.75, 3.05) is 13.1 Å². The topological polar surface area (TPSA) is 40.5 Å². The maximum absolute atomic E-state index is 10.9. The summed E-state index contributed by atoms with van der Waals surface area (Å²) in [6, 6.07) is 10.5. The molecule has 1 aliphatic rings. The number of nitrogens with zero attached hydrogens (tertiary/aromatic N) is 1. The van der Waals surface area contributed by atoms with Crippen LogP contribution in [0.3, 0.4) is 0 Å². The fraction of sp³-hybridized carbons (Fsp3) is 0.500. The fourth-order valence-electron chi connectivity index (χ4n) is 2.58. The van der Waals surface area contributed by atoms with Crippen molar-refractivity contribution in [1.29, 1.82) is 0 Å². The van der Waals surface area contributed by atoms with Crippen LogP contribution in [0.2, 0.25) is 0 Å². The van der Waals surface area contributed by atoms with E-state index in [1.54, 1.807) is 0 Å². The highest BCUT2D eigenvalue weighted by Gasteiger charge is 2.28. The molecule has 0 bridgehead atoms. The van der Waals surface area contributed by atoms with Gasteiger partial charge in [-0.25, -0.2) is 0 Å². The summed E-state index contributed by atoms with van der Waals surface area (Å²) in [5, 5.41) is 8.95. The van der Waals surface area contributed by atoms with E-state index < -0.39 is 5.97 Å². The highest BCUT2D eigenvalue weighted by molar-refractivity contribution is 5.69. The number of aliphatic carboxylic acids is 1. The molecule has 1 aromatic carbocycles. The lowest BCUT2D eigenvalue weighted by Gasteiger charge is -2.37. The molecule has 1 aromatic rings. The molecule has 1 N–H and O–H groups in total. The van der Waals surface area contributed by atoms with Gasteiger partial charge in [-0.1, -0.05) is 37.3 Å². The van der Waals surface area contributed by atoms with Gasteiger partial charge in [0.05, 0.1) is 6.54 Å². The Kier molecular flexibility index (Phi) is 3.79. The quantitative estimate of drug-likeness (QED) is 0.872. The minimum absolute atomic E-state index is 0.145. The molecule has 3 heteroatoms. The number of hydrogen-bond donors (Lipinski definition) is 1. The van der Waals surface area contributed by atoms with Gasteiger partial charge in [0.2, 0.25) is 0 Å². The van der Waals surface area contributed by atoms with Crippen LogP contribution in [0, 0.1) is 5.92 Å². The molecule has 0 amide bonds. The van der Waals surface area contributed by atoms with Gasteiger partial charge in [-0.3, -0.25) is 9.69 Å². The smallest absolute Gasteiger partial charge is 0.317 e. The van der Waals surface area contributed by atoms with E-state index in [0.717, 1.165) is 19.4 Å².